The lowest BCUT2D eigenvalue weighted by molar-refractivity contribution is 0.313. The normalized spacial score (nSPS) is 11.4. The van der Waals surface area contributed by atoms with Crippen molar-refractivity contribution in [1.29, 1.82) is 0 Å². The molecule has 0 aromatic heterocycles. The van der Waals surface area contributed by atoms with Crippen LogP contribution >= 0.6 is 15.9 Å². The Labute approximate surface area is 92.6 Å². The van der Waals surface area contributed by atoms with Crippen molar-refractivity contribution >= 4 is 39.5 Å². The summed E-state index contributed by atoms with van der Waals surface area (Å²) in [5.41, 5.74) is 0. The van der Waals surface area contributed by atoms with Crippen molar-refractivity contribution in [3.63, 3.8) is 0 Å². The van der Waals surface area contributed by atoms with Gasteiger partial charge in [0.05, 0.1) is 4.47 Å². The van der Waals surface area contributed by atoms with Gasteiger partial charge >= 0.3 is 0 Å². The molecular formula is C7H2B3BrF2O. The van der Waals surface area contributed by atoms with Crippen LogP contribution in [0.4, 0.5) is 8.78 Å². The largest absolute Gasteiger partial charge is 0.515 e. The van der Waals surface area contributed by atoms with Gasteiger partial charge in [-0.15, -0.1) is 0 Å². The summed E-state index contributed by atoms with van der Waals surface area (Å²) in [6.07, 6.45) is 0. The number of halogens is 3. The number of hydrogen-bond donors (Lipinski definition) is 0. The molecule has 0 aliphatic carbocycles. The molecule has 1 rings (SSSR count). The van der Waals surface area contributed by atoms with E-state index in [0.717, 1.165) is 12.1 Å². The topological polar surface area (TPSA) is 9.23 Å². The molecule has 66 valence electrons. The Morgan fingerprint density at radius 1 is 1.14 bits per heavy atom. The molecule has 7 heteroatoms. The van der Waals surface area contributed by atoms with Gasteiger partial charge in [-0.25, -0.2) is 8.78 Å². The minimum atomic E-state index is -1.94. The summed E-state index contributed by atoms with van der Waals surface area (Å²) in [6, 6.07) is 1.68. The van der Waals surface area contributed by atoms with E-state index in [0.29, 0.717) is 0 Å². The van der Waals surface area contributed by atoms with Crippen LogP contribution in [0, 0.1) is 11.6 Å². The molecule has 0 atom stereocenters. The summed E-state index contributed by atoms with van der Waals surface area (Å²) in [5, 5.41) is -1.94. The molecule has 6 radical (unpaired) electrons. The number of hydrogen-bond acceptors (Lipinski definition) is 1. The van der Waals surface area contributed by atoms with Crippen LogP contribution in [-0.2, 0) is 0 Å². The molecule has 1 nitrogen and oxygen atoms in total. The third-order valence-electron chi connectivity index (χ3n) is 1.26. The smallest absolute Gasteiger partial charge is 0.162 e. The predicted octanol–water partition coefficient (Wildman–Crippen LogP) is 1.22. The molecule has 0 fully saturated rings. The molecule has 0 saturated carbocycles. The highest BCUT2D eigenvalue weighted by atomic mass is 79.9. The Kier molecular flexibility index (Phi) is 3.30. The van der Waals surface area contributed by atoms with Crippen LogP contribution in [0.3, 0.4) is 0 Å². The lowest BCUT2D eigenvalue weighted by Crippen LogP contribution is -2.37. The minimum absolute atomic E-state index is 0.0728. The number of rotatable bonds is 2. The van der Waals surface area contributed by atoms with Crippen LogP contribution in [0.5, 0.6) is 5.75 Å². The average molecular weight is 252 g/mol. The Morgan fingerprint density at radius 3 is 2.14 bits per heavy atom. The monoisotopic (exact) mass is 252 g/mol. The third kappa shape index (κ3) is 3.05. The Hall–Kier alpha value is -0.445. The van der Waals surface area contributed by atoms with Crippen molar-refractivity contribution in [3.8, 4) is 5.75 Å². The fourth-order valence-electron chi connectivity index (χ4n) is 0.773. The first kappa shape index (κ1) is 11.6. The van der Waals surface area contributed by atoms with Gasteiger partial charge in [-0.2, -0.15) is 0 Å². The fourth-order valence-corrected chi connectivity index (χ4v) is 1.17. The summed E-state index contributed by atoms with van der Waals surface area (Å²) in [4.78, 5) is 0. The van der Waals surface area contributed by atoms with Crippen LogP contribution < -0.4 is 4.74 Å². The Balaban J connectivity index is 3.04. The zero-order chi connectivity index (χ0) is 10.9. The molecule has 1 aromatic carbocycles. The fraction of sp³-hybridized carbons (Fsp3) is 0.143. The summed E-state index contributed by atoms with van der Waals surface area (Å²) in [5.74, 6) is -2.16. The number of ether oxygens (including phenoxy) is 1. The van der Waals surface area contributed by atoms with Crippen molar-refractivity contribution < 1.29 is 13.5 Å². The molecular weight excluding hydrogens is 250 g/mol. The van der Waals surface area contributed by atoms with Crippen LogP contribution in [0.1, 0.15) is 0 Å². The second kappa shape index (κ2) is 3.97. The lowest BCUT2D eigenvalue weighted by atomic mass is 9.52. The van der Waals surface area contributed by atoms with Crippen LogP contribution in [-0.4, -0.2) is 28.8 Å². The number of benzene rings is 1. The minimum Gasteiger partial charge on any atom is -0.515 e. The van der Waals surface area contributed by atoms with E-state index in [1.54, 1.807) is 0 Å². The van der Waals surface area contributed by atoms with Gasteiger partial charge in [0.1, 0.15) is 29.3 Å². The highest BCUT2D eigenvalue weighted by molar-refractivity contribution is 9.10. The molecule has 0 N–H and O–H groups in total. The maximum atomic E-state index is 12.7. The second-order valence-electron chi connectivity index (χ2n) is 2.65. The van der Waals surface area contributed by atoms with E-state index in [1.807, 2.05) is 0 Å². The van der Waals surface area contributed by atoms with Gasteiger partial charge in [-0.05, 0) is 27.3 Å². The van der Waals surface area contributed by atoms with E-state index in [2.05, 4.69) is 15.9 Å². The van der Waals surface area contributed by atoms with E-state index < -0.39 is 16.9 Å². The van der Waals surface area contributed by atoms with E-state index in [9.17, 15) is 8.78 Å². The summed E-state index contributed by atoms with van der Waals surface area (Å²) < 4.78 is 30.3. The molecule has 0 aliphatic heterocycles. The molecule has 0 amide bonds. The predicted molar refractivity (Wildman–Crippen MR) is 54.7 cm³/mol. The first-order chi connectivity index (χ1) is 6.29. The van der Waals surface area contributed by atoms with Crippen molar-refractivity contribution in [2.45, 2.75) is 5.30 Å². The standard InChI is InChI=1S/C7H2B3BrF2O/c8-7(9,10)14-6-2-5(13)4(12)1-3(6)11/h1-2H. The molecule has 14 heavy (non-hydrogen) atoms. The van der Waals surface area contributed by atoms with Crippen LogP contribution in [0.2, 0.25) is 0 Å². The van der Waals surface area contributed by atoms with E-state index in [4.69, 9.17) is 28.3 Å². The van der Waals surface area contributed by atoms with Crippen LogP contribution in [0.15, 0.2) is 16.6 Å². The van der Waals surface area contributed by atoms with Gasteiger partial charge in [-0.1, -0.05) is 0 Å². The molecule has 0 aliphatic rings. The average Bonchev–Trinajstić information content (AvgIpc) is 1.97. The zero-order valence-electron chi connectivity index (χ0n) is 6.93. The first-order valence-corrected chi connectivity index (χ1v) is 4.29. The maximum absolute atomic E-state index is 12.7. The highest BCUT2D eigenvalue weighted by Gasteiger charge is 2.15. The molecule has 0 unspecified atom stereocenters. The summed E-state index contributed by atoms with van der Waals surface area (Å²) in [7, 11) is 15.4. The molecule has 0 bridgehead atoms. The van der Waals surface area contributed by atoms with E-state index in [1.165, 1.54) is 0 Å². The SMILES string of the molecule is [B]C([B])([B])Oc1cc(F)c(F)cc1Br. The first-order valence-electron chi connectivity index (χ1n) is 3.50. The van der Waals surface area contributed by atoms with Crippen molar-refractivity contribution in [3.05, 3.63) is 28.2 Å². The zero-order valence-corrected chi connectivity index (χ0v) is 8.51. The second-order valence-corrected chi connectivity index (χ2v) is 3.51. The Bertz CT molecular complexity index is 354. The molecule has 1 aromatic rings. The highest BCUT2D eigenvalue weighted by Crippen LogP contribution is 2.28. The molecule has 0 saturated heterocycles. The van der Waals surface area contributed by atoms with Gasteiger partial charge in [0.15, 0.2) is 11.6 Å². The van der Waals surface area contributed by atoms with Crippen LogP contribution in [0.25, 0.3) is 0 Å². The van der Waals surface area contributed by atoms with Gasteiger partial charge in [0.25, 0.3) is 0 Å². The lowest BCUT2D eigenvalue weighted by Gasteiger charge is -2.24. The van der Waals surface area contributed by atoms with Crippen molar-refractivity contribution in [2.24, 2.45) is 0 Å². The van der Waals surface area contributed by atoms with Gasteiger partial charge < -0.3 is 4.74 Å². The maximum Gasteiger partial charge on any atom is 0.162 e. The van der Waals surface area contributed by atoms with Gasteiger partial charge in [0.2, 0.25) is 0 Å². The van der Waals surface area contributed by atoms with E-state index in [-0.39, 0.29) is 10.2 Å². The molecule has 0 spiro atoms. The summed E-state index contributed by atoms with van der Waals surface area (Å²) >= 11 is 2.94. The summed E-state index contributed by atoms with van der Waals surface area (Å²) in [6.45, 7) is 0. The van der Waals surface area contributed by atoms with E-state index >= 15 is 0 Å². The third-order valence-corrected chi connectivity index (χ3v) is 1.88. The van der Waals surface area contributed by atoms with Crippen molar-refractivity contribution in [1.82, 2.24) is 0 Å². The quantitative estimate of drug-likeness (QED) is 0.568. The van der Waals surface area contributed by atoms with Crippen molar-refractivity contribution in [2.75, 3.05) is 0 Å². The van der Waals surface area contributed by atoms with Gasteiger partial charge in [0, 0.05) is 6.07 Å². The van der Waals surface area contributed by atoms with Gasteiger partial charge in [-0.3, -0.25) is 0 Å². The Morgan fingerprint density at radius 2 is 1.64 bits per heavy atom. The molecule has 0 heterocycles.